The maximum absolute atomic E-state index is 11.2. The molecule has 4 heteroatoms. The first-order chi connectivity index (χ1) is 6.06. The second-order valence-corrected chi connectivity index (χ2v) is 4.58. The van der Waals surface area contributed by atoms with Crippen LogP contribution in [0.25, 0.3) is 0 Å². The van der Waals surface area contributed by atoms with Gasteiger partial charge in [0.2, 0.25) is 0 Å². The van der Waals surface area contributed by atoms with Crippen LogP contribution in [0.3, 0.4) is 0 Å². The zero-order valence-electron chi connectivity index (χ0n) is 6.77. The summed E-state index contributed by atoms with van der Waals surface area (Å²) < 4.78 is 1.62. The van der Waals surface area contributed by atoms with E-state index in [9.17, 15) is 4.79 Å². The van der Waals surface area contributed by atoms with Crippen molar-refractivity contribution in [1.82, 2.24) is 0 Å². The van der Waals surface area contributed by atoms with Crippen molar-refractivity contribution in [3.63, 3.8) is 0 Å². The van der Waals surface area contributed by atoms with Crippen LogP contribution < -0.4 is 0 Å². The molecule has 0 aliphatic rings. The number of hydrogen-bond acceptors (Lipinski definition) is 2. The van der Waals surface area contributed by atoms with Gasteiger partial charge in [0.05, 0.1) is 11.6 Å². The van der Waals surface area contributed by atoms with Gasteiger partial charge in [0.1, 0.15) is 0 Å². The van der Waals surface area contributed by atoms with Crippen LogP contribution in [-0.2, 0) is 0 Å². The minimum absolute atomic E-state index is 0.0974. The molecule has 0 radical (unpaired) electrons. The fourth-order valence-corrected chi connectivity index (χ4v) is 2.81. The molecule has 0 unspecified atom stereocenters. The highest BCUT2D eigenvalue weighted by atomic mass is 127. The number of Topliss-reactive ketones (excluding diaryl/α,β-unsaturated/α-hetero) is 1. The molecular formula is C9H5BrINO. The van der Waals surface area contributed by atoms with Gasteiger partial charge in [0.15, 0.2) is 5.78 Å². The molecule has 0 atom stereocenters. The number of nitriles is 1. The molecule has 1 aromatic carbocycles. The summed E-state index contributed by atoms with van der Waals surface area (Å²) in [6, 6.07) is 5.52. The molecular weight excluding hydrogens is 345 g/mol. The van der Waals surface area contributed by atoms with Gasteiger partial charge in [-0.05, 0) is 57.6 Å². The third kappa shape index (κ3) is 2.29. The number of rotatable bonds is 1. The summed E-state index contributed by atoms with van der Waals surface area (Å²) in [4.78, 5) is 11.2. The van der Waals surface area contributed by atoms with Crippen molar-refractivity contribution in [2.45, 2.75) is 6.92 Å². The van der Waals surface area contributed by atoms with Gasteiger partial charge in [0.25, 0.3) is 0 Å². The molecule has 1 rings (SSSR count). The maximum Gasteiger partial charge on any atom is 0.162 e. The van der Waals surface area contributed by atoms with Crippen molar-refractivity contribution < 1.29 is 4.79 Å². The molecule has 2 nitrogen and oxygen atoms in total. The molecule has 0 N–H and O–H groups in total. The Bertz CT molecular complexity index is 409. The third-order valence-electron chi connectivity index (χ3n) is 1.53. The van der Waals surface area contributed by atoms with Crippen LogP contribution in [0.15, 0.2) is 16.6 Å². The zero-order valence-corrected chi connectivity index (χ0v) is 10.5. The molecule has 1 aromatic rings. The van der Waals surface area contributed by atoms with Gasteiger partial charge in [-0.25, -0.2) is 0 Å². The zero-order chi connectivity index (χ0) is 10.0. The monoisotopic (exact) mass is 349 g/mol. The fourth-order valence-electron chi connectivity index (χ4n) is 1.02. The number of carbonyl (C=O) groups excluding carboxylic acids is 1. The highest BCUT2D eigenvalue weighted by Crippen LogP contribution is 2.24. The van der Waals surface area contributed by atoms with Crippen LogP contribution in [0.5, 0.6) is 0 Å². The van der Waals surface area contributed by atoms with E-state index in [1.54, 1.807) is 6.07 Å². The first-order valence-corrected chi connectivity index (χ1v) is 5.33. The quantitative estimate of drug-likeness (QED) is 0.577. The number of benzene rings is 1. The Morgan fingerprint density at radius 1 is 1.62 bits per heavy atom. The molecule has 0 spiro atoms. The summed E-state index contributed by atoms with van der Waals surface area (Å²) in [5, 5.41) is 8.79. The SMILES string of the molecule is CC(=O)c1c(Br)cc(I)cc1C#N. The minimum Gasteiger partial charge on any atom is -0.294 e. The second-order valence-electron chi connectivity index (χ2n) is 2.48. The van der Waals surface area contributed by atoms with Crippen molar-refractivity contribution in [2.24, 2.45) is 0 Å². The first-order valence-electron chi connectivity index (χ1n) is 3.46. The molecule has 0 heterocycles. The number of nitrogens with zero attached hydrogens (tertiary/aromatic N) is 1. The highest BCUT2D eigenvalue weighted by Gasteiger charge is 2.11. The third-order valence-corrected chi connectivity index (χ3v) is 2.78. The summed E-state index contributed by atoms with van der Waals surface area (Å²) in [6.07, 6.45) is 0. The first kappa shape index (κ1) is 10.7. The Morgan fingerprint density at radius 2 is 2.23 bits per heavy atom. The number of ketones is 1. The van der Waals surface area contributed by atoms with Gasteiger partial charge in [0, 0.05) is 13.6 Å². The molecule has 0 saturated carbocycles. The molecule has 0 bridgehead atoms. The lowest BCUT2D eigenvalue weighted by molar-refractivity contribution is 0.101. The molecule has 0 amide bonds. The Morgan fingerprint density at radius 3 is 2.69 bits per heavy atom. The van der Waals surface area contributed by atoms with E-state index in [2.05, 4.69) is 38.5 Å². The van der Waals surface area contributed by atoms with Crippen LogP contribution in [0.1, 0.15) is 22.8 Å². The Kier molecular flexibility index (Phi) is 3.45. The fraction of sp³-hybridized carbons (Fsp3) is 0.111. The lowest BCUT2D eigenvalue weighted by atomic mass is 10.1. The van der Waals surface area contributed by atoms with E-state index < -0.39 is 0 Å². The highest BCUT2D eigenvalue weighted by molar-refractivity contribution is 14.1. The van der Waals surface area contributed by atoms with Crippen LogP contribution in [0.4, 0.5) is 0 Å². The summed E-state index contributed by atoms with van der Waals surface area (Å²) >= 11 is 5.36. The van der Waals surface area contributed by atoms with E-state index >= 15 is 0 Å². The smallest absolute Gasteiger partial charge is 0.162 e. The molecule has 66 valence electrons. The number of carbonyl (C=O) groups is 1. The van der Waals surface area contributed by atoms with Crippen LogP contribution >= 0.6 is 38.5 Å². The lowest BCUT2D eigenvalue weighted by Crippen LogP contribution is -1.98. The topological polar surface area (TPSA) is 40.9 Å². The Balaban J connectivity index is 3.50. The maximum atomic E-state index is 11.2. The van der Waals surface area contributed by atoms with E-state index in [4.69, 9.17) is 5.26 Å². The van der Waals surface area contributed by atoms with Gasteiger partial charge >= 0.3 is 0 Å². The predicted octanol–water partition coefficient (Wildman–Crippen LogP) is 3.13. The average molecular weight is 350 g/mol. The Hall–Kier alpha value is -0.410. The minimum atomic E-state index is -0.0974. The van der Waals surface area contributed by atoms with Gasteiger partial charge in [-0.1, -0.05) is 0 Å². The van der Waals surface area contributed by atoms with Crippen molar-refractivity contribution in [2.75, 3.05) is 0 Å². The molecule has 13 heavy (non-hydrogen) atoms. The van der Waals surface area contributed by atoms with Gasteiger partial charge in [-0.3, -0.25) is 4.79 Å². The van der Waals surface area contributed by atoms with Crippen molar-refractivity contribution in [3.8, 4) is 6.07 Å². The van der Waals surface area contributed by atoms with E-state index in [-0.39, 0.29) is 5.78 Å². The van der Waals surface area contributed by atoms with E-state index in [1.807, 2.05) is 12.1 Å². The summed E-state index contributed by atoms with van der Waals surface area (Å²) in [7, 11) is 0. The van der Waals surface area contributed by atoms with Crippen molar-refractivity contribution >= 4 is 44.3 Å². The number of halogens is 2. The number of hydrogen-bond donors (Lipinski definition) is 0. The summed E-state index contributed by atoms with van der Waals surface area (Å²) in [5.41, 5.74) is 0.884. The Labute approximate surface area is 98.2 Å². The largest absolute Gasteiger partial charge is 0.294 e. The summed E-state index contributed by atoms with van der Waals surface area (Å²) in [6.45, 7) is 1.45. The summed E-state index contributed by atoms with van der Waals surface area (Å²) in [5.74, 6) is -0.0974. The van der Waals surface area contributed by atoms with E-state index in [0.717, 1.165) is 3.57 Å². The van der Waals surface area contributed by atoms with Gasteiger partial charge in [-0.15, -0.1) is 0 Å². The van der Waals surface area contributed by atoms with Crippen molar-refractivity contribution in [1.29, 1.82) is 5.26 Å². The van der Waals surface area contributed by atoms with Crippen LogP contribution in [0, 0.1) is 14.9 Å². The average Bonchev–Trinajstić information content (AvgIpc) is 2.01. The molecule has 0 aliphatic heterocycles. The van der Waals surface area contributed by atoms with Crippen LogP contribution in [0.2, 0.25) is 0 Å². The lowest BCUT2D eigenvalue weighted by Gasteiger charge is -2.03. The van der Waals surface area contributed by atoms with Crippen molar-refractivity contribution in [3.05, 3.63) is 31.3 Å². The standard InChI is InChI=1S/C9H5BrINO/c1-5(13)9-6(4-12)2-7(11)3-8(9)10/h2-3H,1H3. The molecule has 0 fully saturated rings. The van der Waals surface area contributed by atoms with E-state index in [0.29, 0.717) is 15.6 Å². The molecule has 0 aromatic heterocycles. The second kappa shape index (κ2) is 4.20. The molecule has 0 saturated heterocycles. The van der Waals surface area contributed by atoms with Gasteiger partial charge < -0.3 is 0 Å². The van der Waals surface area contributed by atoms with Crippen LogP contribution in [-0.4, -0.2) is 5.78 Å². The van der Waals surface area contributed by atoms with E-state index in [1.165, 1.54) is 6.92 Å². The molecule has 0 aliphatic carbocycles. The normalized spacial score (nSPS) is 9.38. The van der Waals surface area contributed by atoms with Gasteiger partial charge in [-0.2, -0.15) is 5.26 Å². The predicted molar refractivity (Wildman–Crippen MR) is 61.6 cm³/mol.